The van der Waals surface area contributed by atoms with E-state index < -0.39 is 36.0 Å². The van der Waals surface area contributed by atoms with E-state index in [9.17, 15) is 24.3 Å². The maximum atomic E-state index is 13.2. The number of nitrogens with zero attached hydrogens (tertiary/aromatic N) is 1. The number of carbonyl (C=O) groups excluding carboxylic acids is 3. The Hall–Kier alpha value is -4.66. The molecule has 0 saturated heterocycles. The predicted molar refractivity (Wildman–Crippen MR) is 138 cm³/mol. The topological polar surface area (TPSA) is 122 Å². The van der Waals surface area contributed by atoms with Gasteiger partial charge in [0.05, 0.1) is 11.1 Å². The number of amides is 1. The minimum absolute atomic E-state index is 0.0835. The molecule has 0 aliphatic carbocycles. The van der Waals surface area contributed by atoms with Crippen molar-refractivity contribution in [1.82, 2.24) is 0 Å². The first-order chi connectivity index (χ1) is 17.5. The summed E-state index contributed by atoms with van der Waals surface area (Å²) in [7, 11) is 3.71. The lowest BCUT2D eigenvalue weighted by Crippen LogP contribution is -2.48. The molecule has 2 atom stereocenters. The number of rotatable bonds is 9. The van der Waals surface area contributed by atoms with E-state index in [2.05, 4.69) is 5.32 Å². The molecular weight excluding hydrogens is 476 g/mol. The van der Waals surface area contributed by atoms with Crippen LogP contribution >= 0.6 is 0 Å². The van der Waals surface area contributed by atoms with Gasteiger partial charge in [0.2, 0.25) is 12.2 Å². The molecule has 1 amide bonds. The minimum Gasteiger partial charge on any atom is -0.478 e. The van der Waals surface area contributed by atoms with Crippen molar-refractivity contribution >= 4 is 35.2 Å². The summed E-state index contributed by atoms with van der Waals surface area (Å²) in [6.45, 7) is 3.66. The Balaban J connectivity index is 1.89. The molecule has 0 saturated carbocycles. The van der Waals surface area contributed by atoms with Crippen molar-refractivity contribution < 1.29 is 33.8 Å². The highest BCUT2D eigenvalue weighted by Gasteiger charge is 2.41. The quantitative estimate of drug-likeness (QED) is 0.422. The van der Waals surface area contributed by atoms with Crippen LogP contribution in [0.1, 0.15) is 31.8 Å². The van der Waals surface area contributed by atoms with Crippen molar-refractivity contribution in [2.24, 2.45) is 0 Å². The third kappa shape index (κ3) is 7.17. The summed E-state index contributed by atoms with van der Waals surface area (Å²) in [5.74, 6) is -4.55. The Morgan fingerprint density at radius 1 is 0.703 bits per heavy atom. The van der Waals surface area contributed by atoms with Crippen LogP contribution in [0.3, 0.4) is 0 Å². The lowest BCUT2D eigenvalue weighted by atomic mass is 10.1. The van der Waals surface area contributed by atoms with Gasteiger partial charge < -0.3 is 24.8 Å². The summed E-state index contributed by atoms with van der Waals surface area (Å²) in [6.07, 6.45) is -4.08. The average molecular weight is 505 g/mol. The van der Waals surface area contributed by atoms with Crippen LogP contribution in [-0.4, -0.2) is 55.2 Å². The number of carboxylic acid groups (broad SMARTS) is 1. The summed E-state index contributed by atoms with van der Waals surface area (Å²) >= 11 is 0. The number of hydrogen-bond donors (Lipinski definition) is 2. The molecule has 3 rings (SSSR count). The van der Waals surface area contributed by atoms with E-state index in [1.165, 1.54) is 24.3 Å². The van der Waals surface area contributed by atoms with Crippen LogP contribution in [0.25, 0.3) is 0 Å². The van der Waals surface area contributed by atoms with Crippen molar-refractivity contribution in [3.63, 3.8) is 0 Å². The summed E-state index contributed by atoms with van der Waals surface area (Å²) in [5, 5.41) is 12.4. The number of aliphatic carboxylic acids is 1. The van der Waals surface area contributed by atoms with Gasteiger partial charge in [-0.3, -0.25) is 4.79 Å². The van der Waals surface area contributed by atoms with Gasteiger partial charge in [-0.25, -0.2) is 14.4 Å². The molecule has 3 aromatic rings. The molecule has 0 bridgehead atoms. The van der Waals surface area contributed by atoms with Crippen LogP contribution < -0.4 is 10.2 Å². The van der Waals surface area contributed by atoms with Crippen molar-refractivity contribution in [3.05, 3.63) is 95.1 Å². The molecule has 0 spiro atoms. The Morgan fingerprint density at radius 3 is 1.54 bits per heavy atom. The zero-order chi connectivity index (χ0) is 27.1. The number of benzene rings is 3. The van der Waals surface area contributed by atoms with E-state index in [-0.39, 0.29) is 11.1 Å². The van der Waals surface area contributed by atoms with E-state index in [1.54, 1.807) is 48.5 Å². The third-order valence-corrected chi connectivity index (χ3v) is 5.47. The zero-order valence-corrected chi connectivity index (χ0v) is 20.9. The van der Waals surface area contributed by atoms with Crippen LogP contribution in [0.2, 0.25) is 0 Å². The number of nitrogens with one attached hydrogen (secondary N) is 1. The molecule has 0 heterocycles. The largest absolute Gasteiger partial charge is 0.478 e. The number of carbonyl (C=O) groups is 4. The Morgan fingerprint density at radius 2 is 1.14 bits per heavy atom. The second-order valence-electron chi connectivity index (χ2n) is 8.65. The normalized spacial score (nSPS) is 12.1. The van der Waals surface area contributed by atoms with Gasteiger partial charge >= 0.3 is 17.9 Å². The van der Waals surface area contributed by atoms with Gasteiger partial charge in [-0.1, -0.05) is 35.4 Å². The molecule has 0 aliphatic heterocycles. The lowest BCUT2D eigenvalue weighted by molar-refractivity contribution is -0.157. The maximum Gasteiger partial charge on any atom is 0.349 e. The van der Waals surface area contributed by atoms with Gasteiger partial charge in [0.25, 0.3) is 5.91 Å². The standard InChI is InChI=1S/C28H28N2O7/c1-17-5-9-19(10-6-17)27(34)36-23(25(31)29-21-13-15-22(16-14-21)30(3)4)24(26(32)33)37-28(35)20-11-7-18(2)8-12-20/h5-16,23-24H,1-4H3,(H,29,31)(H,32,33)/t23-,24-/m0/s1. The second-order valence-corrected chi connectivity index (χ2v) is 8.65. The highest BCUT2D eigenvalue weighted by atomic mass is 16.6. The number of carboxylic acids is 1. The molecule has 0 unspecified atom stereocenters. The van der Waals surface area contributed by atoms with Crippen molar-refractivity contribution in [2.45, 2.75) is 26.1 Å². The van der Waals surface area contributed by atoms with E-state index in [1.807, 2.05) is 32.8 Å². The molecule has 3 aromatic carbocycles. The molecule has 0 aromatic heterocycles. The Kier molecular flexibility index (Phi) is 8.63. The van der Waals surface area contributed by atoms with Crippen molar-refractivity contribution in [3.8, 4) is 0 Å². The van der Waals surface area contributed by atoms with Gasteiger partial charge in [-0.05, 0) is 62.4 Å². The highest BCUT2D eigenvalue weighted by molar-refractivity contribution is 6.01. The van der Waals surface area contributed by atoms with Gasteiger partial charge in [0.1, 0.15) is 0 Å². The number of aryl methyl sites for hydroxylation is 2. The fraction of sp³-hybridized carbons (Fsp3) is 0.214. The van der Waals surface area contributed by atoms with E-state index in [4.69, 9.17) is 9.47 Å². The van der Waals surface area contributed by atoms with Crippen LogP contribution in [-0.2, 0) is 19.1 Å². The van der Waals surface area contributed by atoms with Crippen LogP contribution in [0.15, 0.2) is 72.8 Å². The van der Waals surface area contributed by atoms with E-state index >= 15 is 0 Å². The number of anilines is 2. The molecule has 2 N–H and O–H groups in total. The lowest BCUT2D eigenvalue weighted by Gasteiger charge is -2.24. The molecule has 0 aliphatic rings. The molecular formula is C28H28N2O7. The highest BCUT2D eigenvalue weighted by Crippen LogP contribution is 2.19. The molecule has 0 fully saturated rings. The summed E-state index contributed by atoms with van der Waals surface area (Å²) in [5.41, 5.74) is 3.17. The fourth-order valence-corrected chi connectivity index (χ4v) is 3.30. The monoisotopic (exact) mass is 504 g/mol. The first-order valence-corrected chi connectivity index (χ1v) is 11.4. The SMILES string of the molecule is Cc1ccc(C(=O)O[C@H](C(=O)O)[C@H](OC(=O)c2ccc(C)cc2)C(=O)Nc2ccc(N(C)C)cc2)cc1. The minimum atomic E-state index is -2.11. The maximum absolute atomic E-state index is 13.2. The van der Waals surface area contributed by atoms with Gasteiger partial charge in [0, 0.05) is 25.5 Å². The number of ether oxygens (including phenoxy) is 2. The van der Waals surface area contributed by atoms with Crippen LogP contribution in [0.4, 0.5) is 11.4 Å². The number of esters is 2. The van der Waals surface area contributed by atoms with Gasteiger partial charge in [-0.15, -0.1) is 0 Å². The van der Waals surface area contributed by atoms with Gasteiger partial charge in [-0.2, -0.15) is 0 Å². The first kappa shape index (κ1) is 26.9. The summed E-state index contributed by atoms with van der Waals surface area (Å²) < 4.78 is 10.5. The van der Waals surface area contributed by atoms with Gasteiger partial charge in [0.15, 0.2) is 0 Å². The molecule has 37 heavy (non-hydrogen) atoms. The van der Waals surface area contributed by atoms with Crippen molar-refractivity contribution in [2.75, 3.05) is 24.3 Å². The number of hydrogen-bond acceptors (Lipinski definition) is 7. The zero-order valence-electron chi connectivity index (χ0n) is 20.9. The van der Waals surface area contributed by atoms with E-state index in [0.29, 0.717) is 5.69 Å². The van der Waals surface area contributed by atoms with Crippen LogP contribution in [0, 0.1) is 13.8 Å². The predicted octanol–water partition coefficient (Wildman–Crippen LogP) is 3.84. The Bertz CT molecular complexity index is 1270. The summed E-state index contributed by atoms with van der Waals surface area (Å²) in [6, 6.07) is 19.3. The smallest absolute Gasteiger partial charge is 0.349 e. The van der Waals surface area contributed by atoms with Crippen LogP contribution in [0.5, 0.6) is 0 Å². The summed E-state index contributed by atoms with van der Waals surface area (Å²) in [4.78, 5) is 52.7. The fourth-order valence-electron chi connectivity index (χ4n) is 3.30. The van der Waals surface area contributed by atoms with E-state index in [0.717, 1.165) is 16.8 Å². The Labute approximate surface area is 214 Å². The third-order valence-electron chi connectivity index (χ3n) is 5.47. The van der Waals surface area contributed by atoms with Crippen molar-refractivity contribution in [1.29, 1.82) is 0 Å². The molecule has 0 radical (unpaired) electrons. The average Bonchev–Trinajstić information content (AvgIpc) is 2.86. The molecule has 9 heteroatoms. The first-order valence-electron chi connectivity index (χ1n) is 11.4. The second kappa shape index (κ2) is 11.9. The molecule has 192 valence electrons. The molecule has 9 nitrogen and oxygen atoms in total.